The molecule has 0 fully saturated rings. The highest BCUT2D eigenvalue weighted by molar-refractivity contribution is 6.33. The maximum absolute atomic E-state index is 12.6. The minimum Gasteiger partial charge on any atom is -0.294 e. The normalized spacial score (nSPS) is 11.4. The quantitative estimate of drug-likeness (QED) is 0.626. The third-order valence-electron chi connectivity index (χ3n) is 3.22. The second kappa shape index (κ2) is 5.76. The molecule has 0 heterocycles. The van der Waals surface area contributed by atoms with E-state index in [1.165, 1.54) is 12.1 Å². The van der Waals surface area contributed by atoms with Gasteiger partial charge in [0.25, 0.3) is 0 Å². The molecule has 2 aromatic rings. The van der Waals surface area contributed by atoms with Crippen LogP contribution >= 0.6 is 0 Å². The molecule has 2 aromatic carbocycles. The van der Waals surface area contributed by atoms with E-state index in [9.17, 15) is 18.0 Å². The molecule has 0 aliphatic carbocycles. The topological polar surface area (TPSA) is 17.1 Å². The number of hydrogen-bond donors (Lipinski definition) is 0. The Labute approximate surface area is 122 Å². The van der Waals surface area contributed by atoms with E-state index in [2.05, 4.69) is 0 Å². The minimum atomic E-state index is -4.41. The Morgan fingerprint density at radius 3 is 2.48 bits per heavy atom. The van der Waals surface area contributed by atoms with E-state index < -0.39 is 11.7 Å². The van der Waals surface area contributed by atoms with Gasteiger partial charge in [-0.25, -0.2) is 0 Å². The fraction of sp³-hybridized carbons (Fsp3) is 0.188. The number of aryl methyl sites for hydroxylation is 1. The molecule has 0 atom stereocenters. The molecule has 2 rings (SSSR count). The van der Waals surface area contributed by atoms with Crippen molar-refractivity contribution in [2.24, 2.45) is 0 Å². The molecule has 0 amide bonds. The van der Waals surface area contributed by atoms with Crippen LogP contribution < -0.4 is 5.46 Å². The molecule has 21 heavy (non-hydrogen) atoms. The van der Waals surface area contributed by atoms with Gasteiger partial charge in [0, 0.05) is 12.0 Å². The molecule has 2 radical (unpaired) electrons. The maximum atomic E-state index is 12.6. The first-order chi connectivity index (χ1) is 9.77. The first kappa shape index (κ1) is 15.4. The summed E-state index contributed by atoms with van der Waals surface area (Å²) in [4.78, 5) is 12.1. The summed E-state index contributed by atoms with van der Waals surface area (Å²) in [5, 5.41) is 0. The summed E-state index contributed by atoms with van der Waals surface area (Å²) in [7, 11) is 5.73. The number of benzene rings is 2. The maximum Gasteiger partial charge on any atom is 0.416 e. The molecule has 0 saturated heterocycles. The third-order valence-corrected chi connectivity index (χ3v) is 3.22. The number of halogens is 3. The van der Waals surface area contributed by atoms with E-state index in [1.807, 2.05) is 6.92 Å². The largest absolute Gasteiger partial charge is 0.416 e. The van der Waals surface area contributed by atoms with Gasteiger partial charge >= 0.3 is 6.18 Å². The number of Topliss-reactive ketones (excluding diaryl/α,β-unsaturated/α-hetero) is 1. The van der Waals surface area contributed by atoms with Crippen LogP contribution in [0.4, 0.5) is 13.2 Å². The number of rotatable bonds is 3. The summed E-state index contributed by atoms with van der Waals surface area (Å²) in [5.74, 6) is -0.263. The molecule has 0 unspecified atom stereocenters. The zero-order chi connectivity index (χ0) is 15.6. The molecule has 0 N–H and O–H groups in total. The van der Waals surface area contributed by atoms with Crippen LogP contribution in [-0.2, 0) is 12.6 Å². The molecule has 1 nitrogen and oxygen atoms in total. The molecule has 0 bridgehead atoms. The zero-order valence-corrected chi connectivity index (χ0v) is 11.4. The Kier molecular flexibility index (Phi) is 4.21. The number of carbonyl (C=O) groups excluding carboxylic acids is 1. The van der Waals surface area contributed by atoms with Gasteiger partial charge in [-0.05, 0) is 18.6 Å². The van der Waals surface area contributed by atoms with Crippen LogP contribution in [0.5, 0.6) is 0 Å². The van der Waals surface area contributed by atoms with E-state index in [0.717, 1.165) is 17.7 Å². The van der Waals surface area contributed by atoms with Crippen molar-refractivity contribution < 1.29 is 18.0 Å². The SMILES string of the molecule is [B]c1cc(C(=O)Cc2cccc(C(F)(F)F)c2)ccc1C. The van der Waals surface area contributed by atoms with Crippen LogP contribution in [0.25, 0.3) is 0 Å². The molecular formula is C16H12BF3O. The molecule has 0 aliphatic heterocycles. The number of carbonyl (C=O) groups is 1. The summed E-state index contributed by atoms with van der Waals surface area (Å²) in [6.45, 7) is 1.82. The van der Waals surface area contributed by atoms with Crippen molar-refractivity contribution in [3.05, 3.63) is 64.7 Å². The molecule has 0 aliphatic rings. The van der Waals surface area contributed by atoms with Crippen molar-refractivity contribution in [1.82, 2.24) is 0 Å². The number of hydrogen-bond acceptors (Lipinski definition) is 1. The lowest BCUT2D eigenvalue weighted by atomic mass is 9.88. The number of alkyl halides is 3. The van der Waals surface area contributed by atoms with Crippen LogP contribution in [0, 0.1) is 6.92 Å². The highest BCUT2D eigenvalue weighted by Gasteiger charge is 2.30. The van der Waals surface area contributed by atoms with Crippen molar-refractivity contribution in [2.75, 3.05) is 0 Å². The van der Waals surface area contributed by atoms with Gasteiger partial charge in [-0.3, -0.25) is 4.79 Å². The highest BCUT2D eigenvalue weighted by Crippen LogP contribution is 2.29. The fourth-order valence-corrected chi connectivity index (χ4v) is 1.96. The van der Waals surface area contributed by atoms with Crippen molar-refractivity contribution >= 4 is 19.1 Å². The van der Waals surface area contributed by atoms with Gasteiger partial charge in [-0.2, -0.15) is 13.2 Å². The van der Waals surface area contributed by atoms with E-state index in [-0.39, 0.29) is 12.2 Å². The second-order valence-electron chi connectivity index (χ2n) is 4.87. The minimum absolute atomic E-state index is 0.0909. The van der Waals surface area contributed by atoms with Gasteiger partial charge in [-0.15, -0.1) is 0 Å². The predicted molar refractivity (Wildman–Crippen MR) is 76.0 cm³/mol. The van der Waals surface area contributed by atoms with Gasteiger partial charge in [0.2, 0.25) is 0 Å². The third kappa shape index (κ3) is 3.75. The lowest BCUT2D eigenvalue weighted by Gasteiger charge is -2.09. The van der Waals surface area contributed by atoms with Crippen molar-refractivity contribution in [2.45, 2.75) is 19.5 Å². The summed E-state index contributed by atoms with van der Waals surface area (Å²) in [5.41, 5.74) is 1.32. The van der Waals surface area contributed by atoms with Gasteiger partial charge in [0.1, 0.15) is 7.85 Å². The van der Waals surface area contributed by atoms with Crippen molar-refractivity contribution in [1.29, 1.82) is 0 Å². The molecular weight excluding hydrogens is 276 g/mol. The first-order valence-electron chi connectivity index (χ1n) is 6.33. The van der Waals surface area contributed by atoms with Crippen molar-refractivity contribution in [3.8, 4) is 0 Å². The molecule has 106 valence electrons. The Hall–Kier alpha value is -2.04. The monoisotopic (exact) mass is 288 g/mol. The van der Waals surface area contributed by atoms with E-state index in [0.29, 0.717) is 16.6 Å². The average molecular weight is 288 g/mol. The standard InChI is InChI=1S/C16H12BF3O/c1-10-5-6-12(9-14(10)17)15(21)8-11-3-2-4-13(7-11)16(18,19)20/h2-7,9H,8H2,1H3. The lowest BCUT2D eigenvalue weighted by molar-refractivity contribution is -0.137. The van der Waals surface area contributed by atoms with E-state index in [1.54, 1.807) is 18.2 Å². The van der Waals surface area contributed by atoms with Crippen LogP contribution in [-0.4, -0.2) is 13.6 Å². The van der Waals surface area contributed by atoms with Crippen LogP contribution in [0.1, 0.15) is 27.0 Å². The Morgan fingerprint density at radius 2 is 1.86 bits per heavy atom. The predicted octanol–water partition coefficient (Wildman–Crippen LogP) is 3.23. The van der Waals surface area contributed by atoms with Crippen LogP contribution in [0.2, 0.25) is 0 Å². The molecule has 0 saturated carbocycles. The summed E-state index contributed by atoms with van der Waals surface area (Å²) < 4.78 is 37.9. The van der Waals surface area contributed by atoms with Crippen LogP contribution in [0.3, 0.4) is 0 Å². The Balaban J connectivity index is 2.21. The highest BCUT2D eigenvalue weighted by atomic mass is 19.4. The molecule has 0 spiro atoms. The smallest absolute Gasteiger partial charge is 0.294 e. The van der Waals surface area contributed by atoms with Crippen molar-refractivity contribution in [3.63, 3.8) is 0 Å². The van der Waals surface area contributed by atoms with Gasteiger partial charge in [-0.1, -0.05) is 47.4 Å². The second-order valence-corrected chi connectivity index (χ2v) is 4.87. The van der Waals surface area contributed by atoms with E-state index >= 15 is 0 Å². The van der Waals surface area contributed by atoms with Crippen LogP contribution in [0.15, 0.2) is 42.5 Å². The zero-order valence-electron chi connectivity index (χ0n) is 11.4. The lowest BCUT2D eigenvalue weighted by Crippen LogP contribution is -2.12. The first-order valence-corrected chi connectivity index (χ1v) is 6.33. The molecule has 5 heteroatoms. The average Bonchev–Trinajstić information content (AvgIpc) is 2.41. The molecule has 0 aromatic heterocycles. The van der Waals surface area contributed by atoms with Gasteiger partial charge in [0.05, 0.1) is 5.56 Å². The Morgan fingerprint density at radius 1 is 1.14 bits per heavy atom. The van der Waals surface area contributed by atoms with Gasteiger partial charge < -0.3 is 0 Å². The van der Waals surface area contributed by atoms with E-state index in [4.69, 9.17) is 7.85 Å². The summed E-state index contributed by atoms with van der Waals surface area (Å²) in [6.07, 6.45) is -4.50. The fourth-order valence-electron chi connectivity index (χ4n) is 1.96. The Bertz CT molecular complexity index is 677. The summed E-state index contributed by atoms with van der Waals surface area (Å²) in [6, 6.07) is 9.68. The van der Waals surface area contributed by atoms with Gasteiger partial charge in [0.15, 0.2) is 5.78 Å². The summed E-state index contributed by atoms with van der Waals surface area (Å²) >= 11 is 0. The number of ketones is 1.